The molecule has 0 aliphatic carbocycles. The van der Waals surface area contributed by atoms with Crippen LogP contribution in [0.1, 0.15) is 46.9 Å². The largest absolute Gasteiger partial charge is 0.390 e. The number of aromatic nitrogens is 2. The molecule has 3 aromatic rings. The lowest BCUT2D eigenvalue weighted by Crippen LogP contribution is -2.42. The van der Waals surface area contributed by atoms with E-state index in [2.05, 4.69) is 53.3 Å². The molecule has 3 heterocycles. The quantitative estimate of drug-likeness (QED) is 0.677. The van der Waals surface area contributed by atoms with Crippen LogP contribution < -0.4 is 5.32 Å². The Morgan fingerprint density at radius 3 is 2.76 bits per heavy atom. The van der Waals surface area contributed by atoms with Crippen molar-refractivity contribution in [2.24, 2.45) is 0 Å². The van der Waals surface area contributed by atoms with E-state index in [0.29, 0.717) is 18.2 Å². The van der Waals surface area contributed by atoms with Crippen LogP contribution >= 0.6 is 0 Å². The predicted molar refractivity (Wildman–Crippen MR) is 113 cm³/mol. The summed E-state index contributed by atoms with van der Waals surface area (Å²) in [6.45, 7) is 6.78. The first kappa shape index (κ1) is 19.6. The number of rotatable bonds is 6. The van der Waals surface area contributed by atoms with Gasteiger partial charge >= 0.3 is 0 Å². The van der Waals surface area contributed by atoms with E-state index >= 15 is 0 Å². The first-order valence-electron chi connectivity index (χ1n) is 10.2. The molecule has 29 heavy (non-hydrogen) atoms. The van der Waals surface area contributed by atoms with Crippen LogP contribution in [0.4, 0.5) is 0 Å². The number of imidazole rings is 1. The van der Waals surface area contributed by atoms with Crippen LogP contribution in [0.3, 0.4) is 0 Å². The fourth-order valence-corrected chi connectivity index (χ4v) is 3.83. The summed E-state index contributed by atoms with van der Waals surface area (Å²) in [4.78, 5) is 19.1. The lowest BCUT2D eigenvalue weighted by molar-refractivity contribution is 0.0838. The molecule has 0 saturated carbocycles. The number of aliphatic hydroxyl groups is 1. The minimum atomic E-state index is -0.617. The molecule has 6 heteroatoms. The van der Waals surface area contributed by atoms with Gasteiger partial charge in [-0.25, -0.2) is 4.98 Å². The number of β-amino-alcohol motifs (C(OH)–C–C–N with tert-alkyl or cyclic N) is 1. The van der Waals surface area contributed by atoms with Gasteiger partial charge in [0.2, 0.25) is 0 Å². The van der Waals surface area contributed by atoms with Crippen molar-refractivity contribution in [3.05, 3.63) is 71.2 Å². The predicted octanol–water partition coefficient (Wildman–Crippen LogP) is 2.61. The molecule has 152 valence electrons. The second-order valence-corrected chi connectivity index (χ2v) is 8.13. The fourth-order valence-electron chi connectivity index (χ4n) is 3.83. The molecule has 0 unspecified atom stereocenters. The van der Waals surface area contributed by atoms with E-state index in [4.69, 9.17) is 0 Å². The topological polar surface area (TPSA) is 69.9 Å². The van der Waals surface area contributed by atoms with Crippen molar-refractivity contribution in [3.63, 3.8) is 0 Å². The lowest BCUT2D eigenvalue weighted by atomic mass is 10.00. The van der Waals surface area contributed by atoms with Crippen molar-refractivity contribution in [2.75, 3.05) is 19.6 Å². The number of fused-ring (bicyclic) bond motifs is 2. The molecule has 2 aromatic heterocycles. The third kappa shape index (κ3) is 4.49. The normalized spacial score (nSPS) is 15.4. The molecule has 0 fully saturated rings. The van der Waals surface area contributed by atoms with Gasteiger partial charge in [-0.05, 0) is 35.1 Å². The van der Waals surface area contributed by atoms with Gasteiger partial charge in [0.1, 0.15) is 11.3 Å². The van der Waals surface area contributed by atoms with E-state index < -0.39 is 6.10 Å². The molecule has 4 rings (SSSR count). The fraction of sp³-hybridized carbons (Fsp3) is 0.391. The third-order valence-electron chi connectivity index (χ3n) is 5.55. The molecule has 1 atom stereocenters. The molecule has 1 aliphatic heterocycles. The summed E-state index contributed by atoms with van der Waals surface area (Å²) in [7, 11) is 0. The Labute approximate surface area is 171 Å². The molecule has 1 aromatic carbocycles. The molecule has 6 nitrogen and oxygen atoms in total. The minimum Gasteiger partial charge on any atom is -0.390 e. The Kier molecular flexibility index (Phi) is 5.65. The van der Waals surface area contributed by atoms with Gasteiger partial charge < -0.3 is 14.8 Å². The SMILES string of the molecule is CC(C)c1ccc2nc(C(=O)NC[C@@H](O)CN3CCc4ccccc4C3)cn2c1. The maximum Gasteiger partial charge on any atom is 0.271 e. The summed E-state index contributed by atoms with van der Waals surface area (Å²) in [5.74, 6) is 0.152. The van der Waals surface area contributed by atoms with Gasteiger partial charge in [-0.15, -0.1) is 0 Å². The molecular formula is C23H28N4O2. The monoisotopic (exact) mass is 392 g/mol. The maximum absolute atomic E-state index is 12.5. The summed E-state index contributed by atoms with van der Waals surface area (Å²) >= 11 is 0. The molecule has 0 spiro atoms. The van der Waals surface area contributed by atoms with Crippen LogP contribution in [0.2, 0.25) is 0 Å². The highest BCUT2D eigenvalue weighted by Gasteiger charge is 2.19. The van der Waals surface area contributed by atoms with Gasteiger partial charge in [0.15, 0.2) is 0 Å². The van der Waals surface area contributed by atoms with E-state index in [1.165, 1.54) is 16.7 Å². The Hall–Kier alpha value is -2.70. The van der Waals surface area contributed by atoms with Crippen molar-refractivity contribution < 1.29 is 9.90 Å². The standard InChI is InChI=1S/C23H28N4O2/c1-16(2)18-7-8-22-25-21(15-27(22)13-18)23(29)24-11-20(28)14-26-10-9-17-5-3-4-6-19(17)12-26/h3-8,13,15-16,20,28H,9-12,14H2,1-2H3,(H,24,29)/t20-/m1/s1. The minimum absolute atomic E-state index is 0.210. The number of amides is 1. The van der Waals surface area contributed by atoms with Crippen LogP contribution in [-0.4, -0.2) is 51.0 Å². The Balaban J connectivity index is 1.32. The van der Waals surface area contributed by atoms with Gasteiger partial charge in [-0.2, -0.15) is 0 Å². The maximum atomic E-state index is 12.5. The summed E-state index contributed by atoms with van der Waals surface area (Å²) in [5.41, 5.74) is 5.01. The third-order valence-corrected chi connectivity index (χ3v) is 5.55. The number of hydrogen-bond acceptors (Lipinski definition) is 4. The number of nitrogens with one attached hydrogen (secondary N) is 1. The number of aliphatic hydroxyl groups excluding tert-OH is 1. The van der Waals surface area contributed by atoms with Crippen LogP contribution in [0, 0.1) is 0 Å². The highest BCUT2D eigenvalue weighted by atomic mass is 16.3. The van der Waals surface area contributed by atoms with Crippen molar-refractivity contribution in [3.8, 4) is 0 Å². The van der Waals surface area contributed by atoms with E-state index in [-0.39, 0.29) is 12.5 Å². The zero-order valence-corrected chi connectivity index (χ0v) is 17.0. The Morgan fingerprint density at radius 1 is 1.17 bits per heavy atom. The highest BCUT2D eigenvalue weighted by molar-refractivity contribution is 5.92. The van der Waals surface area contributed by atoms with Gasteiger partial charge in [0.05, 0.1) is 6.10 Å². The number of hydrogen-bond donors (Lipinski definition) is 2. The van der Waals surface area contributed by atoms with Crippen LogP contribution in [0.15, 0.2) is 48.8 Å². The van der Waals surface area contributed by atoms with E-state index in [1.807, 2.05) is 22.7 Å². The van der Waals surface area contributed by atoms with Gasteiger partial charge in [-0.1, -0.05) is 44.2 Å². The summed E-state index contributed by atoms with van der Waals surface area (Å²) in [6, 6.07) is 12.4. The zero-order chi connectivity index (χ0) is 20.4. The van der Waals surface area contributed by atoms with Crippen molar-refractivity contribution >= 4 is 11.6 Å². The van der Waals surface area contributed by atoms with Gasteiger partial charge in [-0.3, -0.25) is 9.69 Å². The van der Waals surface area contributed by atoms with Crippen molar-refractivity contribution in [1.82, 2.24) is 19.6 Å². The number of nitrogens with zero attached hydrogens (tertiary/aromatic N) is 3. The molecule has 0 saturated heterocycles. The van der Waals surface area contributed by atoms with Gasteiger partial charge in [0, 0.05) is 38.6 Å². The summed E-state index contributed by atoms with van der Waals surface area (Å²) < 4.78 is 1.88. The molecule has 0 bridgehead atoms. The first-order chi connectivity index (χ1) is 14.0. The summed E-state index contributed by atoms with van der Waals surface area (Å²) in [6.07, 6.45) is 4.13. The van der Waals surface area contributed by atoms with Crippen LogP contribution in [-0.2, 0) is 13.0 Å². The zero-order valence-electron chi connectivity index (χ0n) is 17.0. The first-order valence-corrected chi connectivity index (χ1v) is 10.2. The lowest BCUT2D eigenvalue weighted by Gasteiger charge is -2.30. The van der Waals surface area contributed by atoms with E-state index in [9.17, 15) is 9.90 Å². The van der Waals surface area contributed by atoms with E-state index in [1.54, 1.807) is 6.20 Å². The molecule has 1 amide bonds. The number of pyridine rings is 1. The van der Waals surface area contributed by atoms with Crippen LogP contribution in [0.25, 0.3) is 5.65 Å². The van der Waals surface area contributed by atoms with E-state index in [0.717, 1.165) is 25.2 Å². The molecule has 1 aliphatic rings. The molecular weight excluding hydrogens is 364 g/mol. The number of benzene rings is 1. The number of carbonyl (C=O) groups excluding carboxylic acids is 1. The second kappa shape index (κ2) is 8.35. The van der Waals surface area contributed by atoms with Gasteiger partial charge in [0.25, 0.3) is 5.91 Å². The second-order valence-electron chi connectivity index (χ2n) is 8.13. The van der Waals surface area contributed by atoms with Crippen molar-refractivity contribution in [2.45, 2.75) is 38.8 Å². The Morgan fingerprint density at radius 2 is 1.97 bits per heavy atom. The summed E-state index contributed by atoms with van der Waals surface area (Å²) in [5, 5.41) is 13.2. The average molecular weight is 393 g/mol. The number of carbonyl (C=O) groups is 1. The van der Waals surface area contributed by atoms with Crippen molar-refractivity contribution in [1.29, 1.82) is 0 Å². The molecule has 0 radical (unpaired) electrons. The molecule has 2 N–H and O–H groups in total. The average Bonchev–Trinajstić information content (AvgIpc) is 3.15. The highest BCUT2D eigenvalue weighted by Crippen LogP contribution is 2.18. The smallest absolute Gasteiger partial charge is 0.271 e. The Bertz CT molecular complexity index is 1010. The van der Waals surface area contributed by atoms with Crippen LogP contribution in [0.5, 0.6) is 0 Å².